The van der Waals surface area contributed by atoms with Gasteiger partial charge < -0.3 is 5.32 Å². The zero-order valence-electron chi connectivity index (χ0n) is 17.1. The van der Waals surface area contributed by atoms with Gasteiger partial charge in [-0.3, -0.25) is 9.36 Å². The minimum atomic E-state index is -0.413. The van der Waals surface area contributed by atoms with Crippen molar-refractivity contribution < 1.29 is 4.39 Å². The monoisotopic (exact) mass is 444 g/mol. The van der Waals surface area contributed by atoms with Crippen LogP contribution in [0.1, 0.15) is 18.7 Å². The number of rotatable bonds is 4. The molecule has 0 saturated carbocycles. The zero-order valence-corrected chi connectivity index (χ0v) is 17.8. The first kappa shape index (κ1) is 20.2. The topological polar surface area (TPSA) is 59.8 Å². The molecule has 5 rings (SSSR count). The van der Waals surface area contributed by atoms with Gasteiger partial charge in [-0.05, 0) is 48.7 Å². The molecule has 158 valence electrons. The van der Waals surface area contributed by atoms with Crippen LogP contribution >= 0.6 is 11.6 Å². The number of para-hydroxylation sites is 1. The zero-order chi connectivity index (χ0) is 22.2. The van der Waals surface area contributed by atoms with E-state index in [2.05, 4.69) is 15.3 Å². The SMILES string of the molecule is CC(Nc1ncnc2cccc(F)c12)c1cc2cccc(Cl)c2c(=O)n1-c1ccccc1. The molecule has 0 bridgehead atoms. The molecule has 7 heteroatoms. The number of fused-ring (bicyclic) bond motifs is 2. The highest BCUT2D eigenvalue weighted by molar-refractivity contribution is 6.35. The van der Waals surface area contributed by atoms with Crippen molar-refractivity contribution in [3.05, 3.63) is 106 Å². The quantitative estimate of drug-likeness (QED) is 0.375. The van der Waals surface area contributed by atoms with Crippen molar-refractivity contribution in [1.29, 1.82) is 0 Å². The largest absolute Gasteiger partial charge is 0.361 e. The number of halogens is 2. The molecule has 32 heavy (non-hydrogen) atoms. The van der Waals surface area contributed by atoms with E-state index in [9.17, 15) is 9.18 Å². The Kier molecular flexibility index (Phi) is 5.07. The van der Waals surface area contributed by atoms with Gasteiger partial charge in [0.05, 0.1) is 27.4 Å². The van der Waals surface area contributed by atoms with Crippen LogP contribution in [0.15, 0.2) is 83.9 Å². The van der Waals surface area contributed by atoms with E-state index in [0.717, 1.165) is 5.39 Å². The molecule has 2 aromatic heterocycles. The lowest BCUT2D eigenvalue weighted by Crippen LogP contribution is -2.26. The van der Waals surface area contributed by atoms with E-state index in [4.69, 9.17) is 11.6 Å². The Balaban J connectivity index is 1.71. The highest BCUT2D eigenvalue weighted by Gasteiger charge is 2.19. The fraction of sp³-hybridized carbons (Fsp3) is 0.0800. The number of anilines is 1. The van der Waals surface area contributed by atoms with E-state index >= 15 is 0 Å². The van der Waals surface area contributed by atoms with Crippen LogP contribution in [0.2, 0.25) is 5.02 Å². The van der Waals surface area contributed by atoms with Gasteiger partial charge in [0.15, 0.2) is 0 Å². The van der Waals surface area contributed by atoms with Gasteiger partial charge in [-0.1, -0.05) is 48.0 Å². The molecule has 1 atom stereocenters. The smallest absolute Gasteiger partial charge is 0.264 e. The summed E-state index contributed by atoms with van der Waals surface area (Å²) >= 11 is 6.38. The van der Waals surface area contributed by atoms with Crippen LogP contribution < -0.4 is 10.9 Å². The predicted octanol–water partition coefficient (Wildman–Crippen LogP) is 5.90. The Morgan fingerprint density at radius 3 is 2.56 bits per heavy atom. The molecule has 5 nitrogen and oxygen atoms in total. The third-order valence-electron chi connectivity index (χ3n) is 5.45. The molecule has 0 amide bonds. The maximum absolute atomic E-state index is 14.6. The lowest BCUT2D eigenvalue weighted by atomic mass is 10.1. The second-order valence-corrected chi connectivity index (χ2v) is 7.88. The highest BCUT2D eigenvalue weighted by atomic mass is 35.5. The van der Waals surface area contributed by atoms with E-state index in [1.165, 1.54) is 12.4 Å². The molecular weight excluding hydrogens is 427 g/mol. The summed E-state index contributed by atoms with van der Waals surface area (Å²) in [6.45, 7) is 1.90. The van der Waals surface area contributed by atoms with Gasteiger partial charge >= 0.3 is 0 Å². The fourth-order valence-corrected chi connectivity index (χ4v) is 4.22. The van der Waals surface area contributed by atoms with Crippen LogP contribution in [0, 0.1) is 5.82 Å². The Morgan fingerprint density at radius 2 is 1.75 bits per heavy atom. The summed E-state index contributed by atoms with van der Waals surface area (Å²) in [5.74, 6) is -0.0533. The number of hydrogen-bond donors (Lipinski definition) is 1. The summed E-state index contributed by atoms with van der Waals surface area (Å²) in [4.78, 5) is 22.0. The van der Waals surface area contributed by atoms with Gasteiger partial charge in [-0.25, -0.2) is 14.4 Å². The average Bonchev–Trinajstić information content (AvgIpc) is 2.79. The van der Waals surface area contributed by atoms with Crippen molar-refractivity contribution in [2.75, 3.05) is 5.32 Å². The van der Waals surface area contributed by atoms with Crippen LogP contribution in [0.4, 0.5) is 10.2 Å². The van der Waals surface area contributed by atoms with Gasteiger partial charge in [0.2, 0.25) is 0 Å². The van der Waals surface area contributed by atoms with E-state index in [-0.39, 0.29) is 11.6 Å². The first-order valence-corrected chi connectivity index (χ1v) is 10.5. The van der Waals surface area contributed by atoms with Crippen molar-refractivity contribution in [1.82, 2.24) is 14.5 Å². The molecule has 2 heterocycles. The molecule has 0 aliphatic rings. The fourth-order valence-electron chi connectivity index (χ4n) is 3.96. The Hall–Kier alpha value is -3.77. The molecular formula is C25H18ClFN4O. The summed E-state index contributed by atoms with van der Waals surface area (Å²) in [6.07, 6.45) is 1.39. The van der Waals surface area contributed by atoms with Crippen molar-refractivity contribution in [2.24, 2.45) is 0 Å². The van der Waals surface area contributed by atoms with E-state index in [1.807, 2.05) is 55.5 Å². The molecule has 0 saturated heterocycles. The Labute approximate surface area is 188 Å². The van der Waals surface area contributed by atoms with Gasteiger partial charge in [-0.2, -0.15) is 0 Å². The molecule has 0 radical (unpaired) electrons. The Bertz CT molecular complexity index is 1510. The van der Waals surface area contributed by atoms with Gasteiger partial charge in [0.25, 0.3) is 5.56 Å². The maximum atomic E-state index is 14.6. The van der Waals surface area contributed by atoms with Crippen LogP contribution in [-0.4, -0.2) is 14.5 Å². The van der Waals surface area contributed by atoms with Crippen molar-refractivity contribution in [2.45, 2.75) is 13.0 Å². The molecule has 1 unspecified atom stereocenters. The predicted molar refractivity (Wildman–Crippen MR) is 126 cm³/mol. The second kappa shape index (κ2) is 8.05. The maximum Gasteiger partial charge on any atom is 0.264 e. The van der Waals surface area contributed by atoms with E-state index < -0.39 is 5.82 Å². The molecule has 3 aromatic carbocycles. The summed E-state index contributed by atoms with van der Waals surface area (Å²) < 4.78 is 16.2. The number of aromatic nitrogens is 3. The number of nitrogens with one attached hydrogen (secondary N) is 1. The molecule has 5 aromatic rings. The highest BCUT2D eigenvalue weighted by Crippen LogP contribution is 2.29. The van der Waals surface area contributed by atoms with Gasteiger partial charge in [0.1, 0.15) is 18.0 Å². The second-order valence-electron chi connectivity index (χ2n) is 7.47. The molecule has 1 N–H and O–H groups in total. The number of nitrogens with zero attached hydrogens (tertiary/aromatic N) is 3. The van der Waals surface area contributed by atoms with Gasteiger partial charge in [0, 0.05) is 11.4 Å². The minimum absolute atomic E-state index is 0.221. The van der Waals surface area contributed by atoms with Crippen molar-refractivity contribution >= 4 is 39.1 Å². The van der Waals surface area contributed by atoms with Crippen LogP contribution in [0.3, 0.4) is 0 Å². The lowest BCUT2D eigenvalue weighted by Gasteiger charge is -2.22. The normalized spacial score (nSPS) is 12.2. The van der Waals surface area contributed by atoms with E-state index in [1.54, 1.807) is 22.8 Å². The number of hydrogen-bond acceptors (Lipinski definition) is 4. The van der Waals surface area contributed by atoms with Crippen LogP contribution in [0.25, 0.3) is 27.4 Å². The first-order valence-electron chi connectivity index (χ1n) is 10.1. The van der Waals surface area contributed by atoms with Gasteiger partial charge in [-0.15, -0.1) is 0 Å². The molecule has 0 fully saturated rings. The average molecular weight is 445 g/mol. The number of pyridine rings is 1. The third kappa shape index (κ3) is 3.39. The number of benzene rings is 3. The van der Waals surface area contributed by atoms with Crippen molar-refractivity contribution in [3.8, 4) is 5.69 Å². The molecule has 0 aliphatic heterocycles. The summed E-state index contributed by atoms with van der Waals surface area (Å²) in [6, 6.07) is 21.0. The molecule has 0 spiro atoms. The minimum Gasteiger partial charge on any atom is -0.361 e. The first-order chi connectivity index (χ1) is 15.5. The summed E-state index contributed by atoms with van der Waals surface area (Å²) in [5, 5.41) is 5.16. The van der Waals surface area contributed by atoms with E-state index in [0.29, 0.717) is 38.5 Å². The van der Waals surface area contributed by atoms with Crippen LogP contribution in [0.5, 0.6) is 0 Å². The van der Waals surface area contributed by atoms with Crippen LogP contribution in [-0.2, 0) is 0 Å². The van der Waals surface area contributed by atoms with Crippen molar-refractivity contribution in [3.63, 3.8) is 0 Å². The summed E-state index contributed by atoms with van der Waals surface area (Å²) in [5.41, 5.74) is 1.68. The standard InChI is InChI=1S/C25H18ClFN4O/c1-15(30-24-23-19(27)11-6-12-20(23)28-14-29-24)21-13-16-7-5-10-18(26)22(16)25(32)31(21)17-8-3-2-4-9-17/h2-15H,1H3,(H,28,29,30). The Morgan fingerprint density at radius 1 is 0.969 bits per heavy atom. The third-order valence-corrected chi connectivity index (χ3v) is 5.76. The lowest BCUT2D eigenvalue weighted by molar-refractivity contribution is 0.639. The summed E-state index contributed by atoms with van der Waals surface area (Å²) in [7, 11) is 0. The molecule has 0 aliphatic carbocycles.